The molecule has 6 nitrogen and oxygen atoms in total. The molecule has 2 aromatic rings. The molecule has 7 heteroatoms. The summed E-state index contributed by atoms with van der Waals surface area (Å²) in [5.41, 5.74) is 7.67. The molecule has 0 aliphatic carbocycles. The zero-order chi connectivity index (χ0) is 16.3. The fourth-order valence-electron chi connectivity index (χ4n) is 2.14. The fraction of sp³-hybridized carbons (Fsp3) is 0.267. The Balaban J connectivity index is 2.25. The van der Waals surface area contributed by atoms with Gasteiger partial charge in [0.2, 0.25) is 11.9 Å². The van der Waals surface area contributed by atoms with E-state index in [2.05, 4.69) is 20.3 Å². The molecule has 1 aromatic carbocycles. The standard InChI is InChI=1S/C15H18ClN5O/c1-8(2)12-9(3)18-15(20-13(12)22)21-14(17)19-11-6-4-10(16)5-7-11/h4-8H,1-3H3,(H4,17,18,19,20,21,22). The van der Waals surface area contributed by atoms with Gasteiger partial charge in [-0.25, -0.2) is 4.98 Å². The van der Waals surface area contributed by atoms with Crippen molar-refractivity contribution in [2.24, 2.45) is 10.7 Å². The van der Waals surface area contributed by atoms with E-state index in [1.54, 1.807) is 31.2 Å². The van der Waals surface area contributed by atoms with Crippen molar-refractivity contribution in [1.82, 2.24) is 9.97 Å². The van der Waals surface area contributed by atoms with E-state index in [1.807, 2.05) is 13.8 Å². The highest BCUT2D eigenvalue weighted by Gasteiger charge is 2.11. The van der Waals surface area contributed by atoms with Crippen LogP contribution in [0, 0.1) is 6.92 Å². The molecule has 0 bridgehead atoms. The Morgan fingerprint density at radius 2 is 2.00 bits per heavy atom. The van der Waals surface area contributed by atoms with Crippen LogP contribution < -0.4 is 16.6 Å². The number of aromatic nitrogens is 2. The number of hydrogen-bond donors (Lipinski definition) is 3. The van der Waals surface area contributed by atoms with E-state index >= 15 is 0 Å². The molecule has 0 aliphatic rings. The Morgan fingerprint density at radius 3 is 2.55 bits per heavy atom. The van der Waals surface area contributed by atoms with Crippen molar-refractivity contribution in [1.29, 1.82) is 0 Å². The Morgan fingerprint density at radius 1 is 1.36 bits per heavy atom. The third-order valence-electron chi connectivity index (χ3n) is 3.05. The summed E-state index contributed by atoms with van der Waals surface area (Å²) in [5, 5.41) is 3.53. The highest BCUT2D eigenvalue weighted by molar-refractivity contribution is 6.30. The van der Waals surface area contributed by atoms with E-state index in [4.69, 9.17) is 17.3 Å². The number of aromatic amines is 1. The number of nitrogens with zero attached hydrogens (tertiary/aromatic N) is 2. The number of benzene rings is 1. The summed E-state index contributed by atoms with van der Waals surface area (Å²) in [6.45, 7) is 5.67. The summed E-state index contributed by atoms with van der Waals surface area (Å²) in [6, 6.07) is 7.01. The van der Waals surface area contributed by atoms with Gasteiger partial charge in [0.05, 0.1) is 5.69 Å². The van der Waals surface area contributed by atoms with Crippen molar-refractivity contribution in [3.63, 3.8) is 0 Å². The van der Waals surface area contributed by atoms with Gasteiger partial charge in [-0.15, -0.1) is 0 Å². The molecule has 2 rings (SSSR count). The van der Waals surface area contributed by atoms with Gasteiger partial charge in [0, 0.05) is 16.3 Å². The second-order valence-corrected chi connectivity index (χ2v) is 5.61. The molecule has 0 unspecified atom stereocenters. The maximum absolute atomic E-state index is 12.0. The quantitative estimate of drug-likeness (QED) is 0.598. The highest BCUT2D eigenvalue weighted by atomic mass is 35.5. The number of halogens is 1. The van der Waals surface area contributed by atoms with Crippen LogP contribution >= 0.6 is 11.6 Å². The van der Waals surface area contributed by atoms with Gasteiger partial charge in [0.1, 0.15) is 0 Å². The summed E-state index contributed by atoms with van der Waals surface area (Å²) in [7, 11) is 0. The largest absolute Gasteiger partial charge is 0.369 e. The second-order valence-electron chi connectivity index (χ2n) is 5.17. The summed E-state index contributed by atoms with van der Waals surface area (Å²) in [4.78, 5) is 23.0. The molecule has 1 aromatic heterocycles. The molecule has 116 valence electrons. The fourth-order valence-corrected chi connectivity index (χ4v) is 2.26. The van der Waals surface area contributed by atoms with Crippen molar-refractivity contribution in [2.45, 2.75) is 26.7 Å². The number of H-pyrrole nitrogens is 1. The lowest BCUT2D eigenvalue weighted by Crippen LogP contribution is -2.23. The minimum Gasteiger partial charge on any atom is -0.369 e. The molecule has 0 saturated heterocycles. The molecule has 22 heavy (non-hydrogen) atoms. The smallest absolute Gasteiger partial charge is 0.256 e. The lowest BCUT2D eigenvalue weighted by atomic mass is 10.0. The van der Waals surface area contributed by atoms with Crippen LogP contribution in [-0.2, 0) is 0 Å². The average Bonchev–Trinajstić information content (AvgIpc) is 2.40. The van der Waals surface area contributed by atoms with Crippen molar-refractivity contribution < 1.29 is 0 Å². The van der Waals surface area contributed by atoms with Gasteiger partial charge in [-0.1, -0.05) is 25.4 Å². The average molecular weight is 320 g/mol. The number of hydrogen-bond acceptors (Lipinski definition) is 3. The molecule has 0 radical (unpaired) electrons. The van der Waals surface area contributed by atoms with Crippen LogP contribution in [0.25, 0.3) is 0 Å². The van der Waals surface area contributed by atoms with Crippen molar-refractivity contribution >= 4 is 29.2 Å². The van der Waals surface area contributed by atoms with Crippen LogP contribution in [0.4, 0.5) is 11.6 Å². The van der Waals surface area contributed by atoms with Crippen LogP contribution in [0.15, 0.2) is 34.1 Å². The van der Waals surface area contributed by atoms with E-state index in [-0.39, 0.29) is 23.4 Å². The minimum absolute atomic E-state index is 0.0961. The maximum Gasteiger partial charge on any atom is 0.256 e. The van der Waals surface area contributed by atoms with E-state index in [1.165, 1.54) is 0 Å². The molecule has 0 spiro atoms. The van der Waals surface area contributed by atoms with E-state index < -0.39 is 0 Å². The number of nitrogens with one attached hydrogen (secondary N) is 2. The first-order chi connectivity index (χ1) is 10.4. The number of aryl methyl sites for hydroxylation is 1. The lowest BCUT2D eigenvalue weighted by Gasteiger charge is -2.09. The normalized spacial score (nSPS) is 11.8. The SMILES string of the molecule is Cc1nc(/N=C(\N)Nc2ccc(Cl)cc2)[nH]c(=O)c1C(C)C. The number of rotatable bonds is 3. The van der Waals surface area contributed by atoms with Crippen LogP contribution in [0.2, 0.25) is 5.02 Å². The van der Waals surface area contributed by atoms with Gasteiger partial charge in [0.15, 0.2) is 0 Å². The molecule has 0 fully saturated rings. The first kappa shape index (κ1) is 16.0. The second kappa shape index (κ2) is 6.62. The van der Waals surface area contributed by atoms with Crippen LogP contribution in [0.5, 0.6) is 0 Å². The Bertz CT molecular complexity index is 750. The predicted octanol–water partition coefficient (Wildman–Crippen LogP) is 2.91. The lowest BCUT2D eigenvalue weighted by molar-refractivity contribution is 0.813. The Labute approximate surface area is 133 Å². The molecule has 0 saturated carbocycles. The minimum atomic E-state index is -0.194. The Hall–Kier alpha value is -2.34. The predicted molar refractivity (Wildman–Crippen MR) is 90.0 cm³/mol. The number of guanidine groups is 1. The highest BCUT2D eigenvalue weighted by Crippen LogP contribution is 2.15. The number of aliphatic imine (C=N–C) groups is 1. The molecular weight excluding hydrogens is 302 g/mol. The van der Waals surface area contributed by atoms with Gasteiger partial charge in [-0.2, -0.15) is 4.99 Å². The molecule has 0 aliphatic heterocycles. The topological polar surface area (TPSA) is 96.2 Å². The van der Waals surface area contributed by atoms with E-state index in [0.29, 0.717) is 16.3 Å². The molecular formula is C15H18ClN5O. The molecule has 4 N–H and O–H groups in total. The zero-order valence-electron chi connectivity index (χ0n) is 12.6. The van der Waals surface area contributed by atoms with Crippen LogP contribution in [0.1, 0.15) is 31.0 Å². The van der Waals surface area contributed by atoms with Gasteiger partial charge >= 0.3 is 0 Å². The number of nitrogens with two attached hydrogens (primary N) is 1. The first-order valence-electron chi connectivity index (χ1n) is 6.84. The summed E-state index contributed by atoms with van der Waals surface area (Å²) in [5.74, 6) is 0.395. The third-order valence-corrected chi connectivity index (χ3v) is 3.31. The van der Waals surface area contributed by atoms with E-state index in [9.17, 15) is 4.79 Å². The molecule has 0 amide bonds. The van der Waals surface area contributed by atoms with Gasteiger partial charge in [-0.3, -0.25) is 9.78 Å². The van der Waals surface area contributed by atoms with Gasteiger partial charge in [0.25, 0.3) is 5.56 Å². The van der Waals surface area contributed by atoms with Crippen molar-refractivity contribution in [3.05, 3.63) is 50.9 Å². The monoisotopic (exact) mass is 319 g/mol. The van der Waals surface area contributed by atoms with Gasteiger partial charge in [-0.05, 0) is 37.1 Å². The Kier molecular flexibility index (Phi) is 4.82. The van der Waals surface area contributed by atoms with Crippen LogP contribution in [-0.4, -0.2) is 15.9 Å². The maximum atomic E-state index is 12.0. The van der Waals surface area contributed by atoms with Crippen molar-refractivity contribution in [3.8, 4) is 0 Å². The summed E-state index contributed by atoms with van der Waals surface area (Å²) in [6.07, 6.45) is 0. The third kappa shape index (κ3) is 3.85. The summed E-state index contributed by atoms with van der Waals surface area (Å²) >= 11 is 5.81. The van der Waals surface area contributed by atoms with E-state index in [0.717, 1.165) is 5.69 Å². The number of anilines is 1. The molecule has 1 heterocycles. The molecule has 0 atom stereocenters. The first-order valence-corrected chi connectivity index (χ1v) is 7.22. The van der Waals surface area contributed by atoms with Gasteiger partial charge < -0.3 is 11.1 Å². The van der Waals surface area contributed by atoms with Crippen molar-refractivity contribution in [2.75, 3.05) is 5.32 Å². The summed E-state index contributed by atoms with van der Waals surface area (Å²) < 4.78 is 0. The van der Waals surface area contributed by atoms with Crippen LogP contribution in [0.3, 0.4) is 0 Å². The zero-order valence-corrected chi connectivity index (χ0v) is 13.4.